The number of rotatable bonds is 5. The van der Waals surface area contributed by atoms with Crippen LogP contribution >= 0.6 is 0 Å². The van der Waals surface area contributed by atoms with Crippen LogP contribution in [-0.4, -0.2) is 48.8 Å². The van der Waals surface area contributed by atoms with Gasteiger partial charge in [0.1, 0.15) is 0 Å². The van der Waals surface area contributed by atoms with Crippen LogP contribution in [0.3, 0.4) is 0 Å². The molecule has 0 aromatic carbocycles. The molecule has 1 N–H and O–H groups in total. The van der Waals surface area contributed by atoms with Gasteiger partial charge in [-0.3, -0.25) is 4.79 Å². The predicted molar refractivity (Wildman–Crippen MR) is 57.9 cm³/mol. The molecule has 0 radical (unpaired) electrons. The average molecular weight is 215 g/mol. The Morgan fingerprint density at radius 1 is 1.53 bits per heavy atom. The number of ether oxygens (including phenoxy) is 1. The van der Waals surface area contributed by atoms with Crippen molar-refractivity contribution in [2.24, 2.45) is 5.92 Å². The first-order valence-electron chi connectivity index (χ1n) is 5.66. The number of nitrogens with zero attached hydrogens (tertiary/aromatic N) is 1. The third-order valence-electron chi connectivity index (χ3n) is 3.16. The molecule has 0 saturated carbocycles. The molecule has 0 amide bonds. The highest BCUT2D eigenvalue weighted by molar-refractivity contribution is 5.70. The van der Waals surface area contributed by atoms with E-state index in [0.717, 1.165) is 26.1 Å². The van der Waals surface area contributed by atoms with E-state index in [1.54, 1.807) is 0 Å². The first-order chi connectivity index (χ1) is 7.15. The normalized spacial score (nSPS) is 20.5. The van der Waals surface area contributed by atoms with Gasteiger partial charge in [-0.2, -0.15) is 0 Å². The number of carboxylic acids is 1. The lowest BCUT2D eigenvalue weighted by Crippen LogP contribution is -2.40. The highest BCUT2D eigenvalue weighted by Crippen LogP contribution is 2.15. The minimum Gasteiger partial charge on any atom is -0.481 e. The van der Waals surface area contributed by atoms with Crippen LogP contribution in [0, 0.1) is 5.92 Å². The maximum Gasteiger partial charge on any atom is 0.307 e. The van der Waals surface area contributed by atoms with Crippen molar-refractivity contribution in [1.29, 1.82) is 0 Å². The van der Waals surface area contributed by atoms with E-state index in [-0.39, 0.29) is 5.92 Å². The fourth-order valence-electron chi connectivity index (χ4n) is 2.00. The summed E-state index contributed by atoms with van der Waals surface area (Å²) in [6, 6.07) is 0.493. The molecule has 0 bridgehead atoms. The van der Waals surface area contributed by atoms with Crippen LogP contribution in [-0.2, 0) is 9.53 Å². The number of hydrogen-bond acceptors (Lipinski definition) is 3. The molecule has 0 aromatic heterocycles. The first kappa shape index (κ1) is 12.5. The van der Waals surface area contributed by atoms with Gasteiger partial charge >= 0.3 is 5.97 Å². The van der Waals surface area contributed by atoms with Gasteiger partial charge in [-0.25, -0.2) is 0 Å². The van der Waals surface area contributed by atoms with E-state index in [0.29, 0.717) is 19.0 Å². The number of carbonyl (C=O) groups is 1. The summed E-state index contributed by atoms with van der Waals surface area (Å²) in [6.07, 6.45) is 2.74. The molecular weight excluding hydrogens is 194 g/mol. The molecule has 1 fully saturated rings. The Labute approximate surface area is 91.2 Å². The molecule has 1 unspecified atom stereocenters. The van der Waals surface area contributed by atoms with Crippen molar-refractivity contribution < 1.29 is 14.6 Å². The second-order valence-electron chi connectivity index (χ2n) is 4.23. The van der Waals surface area contributed by atoms with E-state index in [1.165, 1.54) is 0 Å². The van der Waals surface area contributed by atoms with Gasteiger partial charge < -0.3 is 14.7 Å². The molecule has 1 aliphatic heterocycles. The molecule has 1 aliphatic rings. The molecule has 1 saturated heterocycles. The highest BCUT2D eigenvalue weighted by Gasteiger charge is 2.23. The predicted octanol–water partition coefficient (Wildman–Crippen LogP) is 1.21. The van der Waals surface area contributed by atoms with Gasteiger partial charge in [0, 0.05) is 25.8 Å². The van der Waals surface area contributed by atoms with Gasteiger partial charge in [0.15, 0.2) is 0 Å². The third-order valence-corrected chi connectivity index (χ3v) is 3.16. The first-order valence-corrected chi connectivity index (χ1v) is 5.66. The Kier molecular flexibility index (Phi) is 5.05. The van der Waals surface area contributed by atoms with Crippen molar-refractivity contribution in [1.82, 2.24) is 4.90 Å². The SMILES string of the molecule is CCC(CN(C)C1CCOCC1)C(=O)O. The van der Waals surface area contributed by atoms with Crippen LogP contribution in [0.5, 0.6) is 0 Å². The minimum atomic E-state index is -0.684. The van der Waals surface area contributed by atoms with Crippen LogP contribution in [0.2, 0.25) is 0 Å². The third kappa shape index (κ3) is 3.80. The summed E-state index contributed by atoms with van der Waals surface area (Å²) in [7, 11) is 2.02. The van der Waals surface area contributed by atoms with Crippen molar-refractivity contribution in [2.45, 2.75) is 32.2 Å². The summed E-state index contributed by atoms with van der Waals surface area (Å²) in [4.78, 5) is 13.1. The van der Waals surface area contributed by atoms with E-state index in [4.69, 9.17) is 9.84 Å². The van der Waals surface area contributed by atoms with E-state index < -0.39 is 5.97 Å². The largest absolute Gasteiger partial charge is 0.481 e. The van der Waals surface area contributed by atoms with Gasteiger partial charge in [-0.1, -0.05) is 6.92 Å². The second kappa shape index (κ2) is 6.08. The highest BCUT2D eigenvalue weighted by atomic mass is 16.5. The Balaban J connectivity index is 2.38. The Morgan fingerprint density at radius 2 is 2.13 bits per heavy atom. The minimum absolute atomic E-state index is 0.238. The van der Waals surface area contributed by atoms with Crippen molar-refractivity contribution in [3.8, 4) is 0 Å². The molecule has 0 aliphatic carbocycles. The Bertz CT molecular complexity index is 202. The van der Waals surface area contributed by atoms with Crippen molar-refractivity contribution >= 4 is 5.97 Å². The summed E-state index contributed by atoms with van der Waals surface area (Å²) in [6.45, 7) is 4.19. The quantitative estimate of drug-likeness (QED) is 0.749. The van der Waals surface area contributed by atoms with E-state index in [2.05, 4.69) is 4.90 Å². The van der Waals surface area contributed by atoms with Crippen LogP contribution in [0.1, 0.15) is 26.2 Å². The summed E-state index contributed by atoms with van der Waals surface area (Å²) in [5.41, 5.74) is 0. The van der Waals surface area contributed by atoms with Crippen LogP contribution in [0.15, 0.2) is 0 Å². The van der Waals surface area contributed by atoms with Crippen LogP contribution in [0.4, 0.5) is 0 Å². The zero-order valence-electron chi connectivity index (χ0n) is 9.61. The van der Waals surface area contributed by atoms with Gasteiger partial charge in [0.25, 0.3) is 0 Å². The van der Waals surface area contributed by atoms with Crippen molar-refractivity contribution in [3.63, 3.8) is 0 Å². The standard InChI is InChI=1S/C11H21NO3/c1-3-9(11(13)14)8-12(2)10-4-6-15-7-5-10/h9-10H,3-8H2,1-2H3,(H,13,14). The maximum absolute atomic E-state index is 10.9. The lowest BCUT2D eigenvalue weighted by Gasteiger charge is -2.32. The number of hydrogen-bond donors (Lipinski definition) is 1. The molecule has 1 heterocycles. The Morgan fingerprint density at radius 3 is 2.60 bits per heavy atom. The van der Waals surface area contributed by atoms with Gasteiger partial charge in [-0.15, -0.1) is 0 Å². The topological polar surface area (TPSA) is 49.8 Å². The molecule has 88 valence electrons. The van der Waals surface area contributed by atoms with Gasteiger partial charge in [0.2, 0.25) is 0 Å². The molecule has 0 aromatic rings. The zero-order chi connectivity index (χ0) is 11.3. The van der Waals surface area contributed by atoms with Crippen LogP contribution in [0.25, 0.3) is 0 Å². The van der Waals surface area contributed by atoms with Crippen LogP contribution < -0.4 is 0 Å². The maximum atomic E-state index is 10.9. The van der Waals surface area contributed by atoms with E-state index >= 15 is 0 Å². The van der Waals surface area contributed by atoms with E-state index in [9.17, 15) is 4.79 Å². The van der Waals surface area contributed by atoms with Gasteiger partial charge in [-0.05, 0) is 26.3 Å². The number of aliphatic carboxylic acids is 1. The van der Waals surface area contributed by atoms with Crippen molar-refractivity contribution in [2.75, 3.05) is 26.8 Å². The second-order valence-corrected chi connectivity index (χ2v) is 4.23. The monoisotopic (exact) mass is 215 g/mol. The van der Waals surface area contributed by atoms with Crippen molar-refractivity contribution in [3.05, 3.63) is 0 Å². The molecule has 1 atom stereocenters. The average Bonchev–Trinajstić information content (AvgIpc) is 2.26. The molecule has 4 nitrogen and oxygen atoms in total. The molecule has 4 heteroatoms. The summed E-state index contributed by atoms with van der Waals surface area (Å²) in [5.74, 6) is -0.922. The smallest absolute Gasteiger partial charge is 0.307 e. The fourth-order valence-corrected chi connectivity index (χ4v) is 2.00. The summed E-state index contributed by atoms with van der Waals surface area (Å²) in [5, 5.41) is 8.97. The number of carboxylic acid groups (broad SMARTS) is 1. The zero-order valence-corrected chi connectivity index (χ0v) is 9.61. The van der Waals surface area contributed by atoms with E-state index in [1.807, 2.05) is 14.0 Å². The molecule has 15 heavy (non-hydrogen) atoms. The Hall–Kier alpha value is -0.610. The summed E-state index contributed by atoms with van der Waals surface area (Å²) < 4.78 is 5.29. The van der Waals surface area contributed by atoms with Gasteiger partial charge in [0.05, 0.1) is 5.92 Å². The lowest BCUT2D eigenvalue weighted by molar-refractivity contribution is -0.142. The molecule has 0 spiro atoms. The molecular formula is C11H21NO3. The fraction of sp³-hybridized carbons (Fsp3) is 0.909. The lowest BCUT2D eigenvalue weighted by atomic mass is 10.0. The summed E-state index contributed by atoms with van der Waals surface area (Å²) >= 11 is 0. The molecule has 1 rings (SSSR count).